The quantitative estimate of drug-likeness (QED) is 0.278. The fraction of sp³-hybridized carbons (Fsp3) is 0. The molecule has 0 amide bonds. The molecule has 20 heavy (non-hydrogen) atoms. The first kappa shape index (κ1) is 15.9. The van der Waals surface area contributed by atoms with E-state index in [-0.39, 0.29) is 21.1 Å². The van der Waals surface area contributed by atoms with Crippen LogP contribution in [0.25, 0.3) is 0 Å². The van der Waals surface area contributed by atoms with Gasteiger partial charge in [-0.3, -0.25) is 10.7 Å². The van der Waals surface area contributed by atoms with Crippen molar-refractivity contribution in [1.82, 2.24) is 0 Å². The molecule has 0 unspecified atom stereocenters. The van der Waals surface area contributed by atoms with Crippen LogP contribution in [0.5, 0.6) is 0 Å². The molecule has 0 spiro atoms. The van der Waals surface area contributed by atoms with Crippen molar-refractivity contribution in [3.63, 3.8) is 0 Å². The summed E-state index contributed by atoms with van der Waals surface area (Å²) in [6.07, 6.45) is 6.69. The van der Waals surface area contributed by atoms with Crippen molar-refractivity contribution in [1.29, 1.82) is 0 Å². The van der Waals surface area contributed by atoms with E-state index in [2.05, 4.69) is 16.7 Å². The summed E-state index contributed by atoms with van der Waals surface area (Å²) in [6, 6.07) is 16.6. The molecule has 0 aromatic heterocycles. The molecule has 0 N–H and O–H groups in total. The molecule has 96 valence electrons. The number of carbonyl (C=O) groups excluding carboxylic acids is 2. The normalized spacial score (nSPS) is 11.2. The topological polar surface area (TPSA) is 43.4 Å². The maximum Gasteiger partial charge on any atom is 2.00 e. The van der Waals surface area contributed by atoms with Crippen LogP contribution < -0.4 is 0 Å². The zero-order valence-corrected chi connectivity index (χ0v) is 13.2. The Morgan fingerprint density at radius 3 is 2.20 bits per heavy atom. The number of cyclic esters (lactones) is 2. The Morgan fingerprint density at radius 2 is 1.65 bits per heavy atom. The van der Waals surface area contributed by atoms with E-state index in [1.807, 2.05) is 30.3 Å². The molecule has 0 aliphatic carbocycles. The third-order valence-electron chi connectivity index (χ3n) is 2.41. The van der Waals surface area contributed by atoms with Gasteiger partial charge in [0, 0.05) is 0 Å². The Morgan fingerprint density at radius 1 is 1.00 bits per heavy atom. The van der Waals surface area contributed by atoms with Crippen LogP contribution >= 0.6 is 0 Å². The van der Waals surface area contributed by atoms with E-state index in [1.165, 1.54) is 12.1 Å². The molecule has 1 aliphatic rings. The minimum Gasteiger partial charge on any atom is -0.397 e. The van der Waals surface area contributed by atoms with E-state index in [4.69, 9.17) is 6.42 Å². The third kappa shape index (κ3) is 3.66. The molecular weight excluding hydrogens is 424 g/mol. The fourth-order valence-electron chi connectivity index (χ4n) is 1.49. The Hall–Kier alpha value is -2.17. The summed E-state index contributed by atoms with van der Waals surface area (Å²) in [5, 5.41) is 0. The molecule has 1 heterocycles. The van der Waals surface area contributed by atoms with E-state index in [0.717, 1.165) is 5.56 Å². The van der Waals surface area contributed by atoms with Crippen LogP contribution in [0, 0.1) is 18.4 Å². The van der Waals surface area contributed by atoms with Crippen molar-refractivity contribution in [2.75, 3.05) is 0 Å². The molecule has 0 saturated heterocycles. The first-order valence-electron chi connectivity index (χ1n) is 5.47. The predicted octanol–water partition coefficient (Wildman–Crippen LogP) is 2.42. The third-order valence-corrected chi connectivity index (χ3v) is 2.41. The molecule has 0 radical (unpaired) electrons. The molecule has 0 saturated carbocycles. The van der Waals surface area contributed by atoms with Crippen LogP contribution in [0.4, 0.5) is 0 Å². The number of hydrogen-bond donors (Lipinski definition) is 0. The molecule has 0 atom stereocenters. The molecule has 1 aliphatic heterocycles. The Kier molecular flexibility index (Phi) is 5.90. The minimum absolute atomic E-state index is 0. The first-order valence-corrected chi connectivity index (χ1v) is 5.47. The molecule has 3 rings (SSSR count). The second kappa shape index (κ2) is 7.43. The number of hydrogen-bond acceptors (Lipinski definition) is 3. The van der Waals surface area contributed by atoms with Gasteiger partial charge in [-0.05, 0) is 11.1 Å². The zero-order valence-electron chi connectivity index (χ0n) is 10.3. The number of ether oxygens (including phenoxy) is 1. The van der Waals surface area contributed by atoms with Crippen LogP contribution in [0.2, 0.25) is 0 Å². The molecular formula is C16H8O3W. The van der Waals surface area contributed by atoms with Gasteiger partial charge < -0.3 is 11.2 Å². The van der Waals surface area contributed by atoms with Gasteiger partial charge in [-0.25, -0.2) is 4.79 Å². The minimum atomic E-state index is -0.582. The number of rotatable bonds is 0. The largest absolute Gasteiger partial charge is 2.00 e. The molecule has 2 aromatic carbocycles. The average Bonchev–Trinajstić information content (AvgIpc) is 2.76. The van der Waals surface area contributed by atoms with Gasteiger partial charge in [0.2, 0.25) is 0 Å². The van der Waals surface area contributed by atoms with Crippen LogP contribution in [-0.4, -0.2) is 11.9 Å². The summed E-state index contributed by atoms with van der Waals surface area (Å²) in [6.45, 7) is 0. The summed E-state index contributed by atoms with van der Waals surface area (Å²) >= 11 is 0. The van der Waals surface area contributed by atoms with Crippen molar-refractivity contribution in [3.05, 3.63) is 77.7 Å². The van der Waals surface area contributed by atoms with Crippen molar-refractivity contribution >= 4 is 11.9 Å². The van der Waals surface area contributed by atoms with E-state index in [1.54, 1.807) is 6.07 Å². The fourth-order valence-corrected chi connectivity index (χ4v) is 1.49. The van der Waals surface area contributed by atoms with Crippen LogP contribution in [0.15, 0.2) is 48.5 Å². The van der Waals surface area contributed by atoms with Crippen molar-refractivity contribution in [3.8, 4) is 5.92 Å². The number of benzene rings is 2. The summed E-state index contributed by atoms with van der Waals surface area (Å²) in [4.78, 5) is 21.6. The van der Waals surface area contributed by atoms with E-state index < -0.39 is 11.9 Å². The molecule has 3 nitrogen and oxygen atoms in total. The van der Waals surface area contributed by atoms with Crippen LogP contribution in [0.3, 0.4) is 0 Å². The van der Waals surface area contributed by atoms with E-state index >= 15 is 0 Å². The summed E-state index contributed by atoms with van der Waals surface area (Å²) in [5.41, 5.74) is 1.46. The zero-order chi connectivity index (χ0) is 13.7. The molecule has 2 aromatic rings. The monoisotopic (exact) mass is 432 g/mol. The second-order valence-electron chi connectivity index (χ2n) is 3.64. The van der Waals surface area contributed by atoms with Gasteiger partial charge >= 0.3 is 27.0 Å². The van der Waals surface area contributed by atoms with Gasteiger partial charge in [0.25, 0.3) is 5.97 Å². The summed E-state index contributed by atoms with van der Waals surface area (Å²) < 4.78 is 4.33. The number of carbonyl (C=O) groups is 2. The van der Waals surface area contributed by atoms with Crippen molar-refractivity contribution in [2.24, 2.45) is 0 Å². The predicted molar refractivity (Wildman–Crippen MR) is 67.7 cm³/mol. The van der Waals surface area contributed by atoms with Crippen LogP contribution in [0.1, 0.15) is 26.3 Å². The Labute approximate surface area is 131 Å². The van der Waals surface area contributed by atoms with Gasteiger partial charge in [0.05, 0.1) is 0 Å². The molecule has 4 heteroatoms. The average molecular weight is 432 g/mol. The molecule has 0 bridgehead atoms. The maximum atomic E-state index is 10.8. The standard InChI is InChI=1S/C8H3O3.C8H5.W/c9-7-5-3-1-2-4-6(5)8(10)11-7;1-2-8-6-4-3-5-7-8;/h1,3-4H;3-7H;/q2*-1;+2. The van der Waals surface area contributed by atoms with Crippen molar-refractivity contribution < 1.29 is 35.4 Å². The van der Waals surface area contributed by atoms with Gasteiger partial charge in [-0.15, -0.1) is 17.7 Å². The molecule has 0 fully saturated rings. The Balaban J connectivity index is 0.000000200. The van der Waals surface area contributed by atoms with Gasteiger partial charge in [-0.2, -0.15) is 24.3 Å². The first-order chi connectivity index (χ1) is 9.22. The van der Waals surface area contributed by atoms with Crippen molar-refractivity contribution in [2.45, 2.75) is 0 Å². The van der Waals surface area contributed by atoms with Crippen LogP contribution in [-0.2, 0) is 25.8 Å². The second-order valence-corrected chi connectivity index (χ2v) is 3.64. The maximum absolute atomic E-state index is 10.8. The Bertz CT molecular complexity index is 624. The van der Waals surface area contributed by atoms with Gasteiger partial charge in [-0.1, -0.05) is 18.2 Å². The van der Waals surface area contributed by atoms with Gasteiger partial charge in [0.15, 0.2) is 0 Å². The number of esters is 2. The number of fused-ring (bicyclic) bond motifs is 1. The smallest absolute Gasteiger partial charge is 0.397 e. The summed E-state index contributed by atoms with van der Waals surface area (Å²) in [7, 11) is 0. The van der Waals surface area contributed by atoms with E-state index in [9.17, 15) is 9.59 Å². The summed E-state index contributed by atoms with van der Waals surface area (Å²) in [5.74, 6) is 1.12. The van der Waals surface area contributed by atoms with E-state index in [0.29, 0.717) is 11.1 Å². The SMILES string of the molecule is O=C1OC(=O)c2cc[c-]cc21.[C-]#Cc1ccccc1.[W+2]. The van der Waals surface area contributed by atoms with Gasteiger partial charge in [0.1, 0.15) is 0 Å².